The Morgan fingerprint density at radius 1 is 1.12 bits per heavy atom. The number of hydrogen-bond acceptors (Lipinski definition) is 2. The van der Waals surface area contributed by atoms with Gasteiger partial charge in [0.15, 0.2) is 0 Å². The van der Waals surface area contributed by atoms with Crippen LogP contribution in [0.3, 0.4) is 0 Å². The van der Waals surface area contributed by atoms with Gasteiger partial charge in [0.2, 0.25) is 0 Å². The molecule has 5 heteroatoms. The average molecular weight is 335 g/mol. The van der Waals surface area contributed by atoms with Crippen molar-refractivity contribution in [1.29, 1.82) is 0 Å². The van der Waals surface area contributed by atoms with E-state index in [2.05, 4.69) is 5.32 Å². The minimum absolute atomic E-state index is 0.119. The quantitative estimate of drug-likeness (QED) is 0.810. The second kappa shape index (κ2) is 6.38. The van der Waals surface area contributed by atoms with Gasteiger partial charge in [0.1, 0.15) is 12.4 Å². The van der Waals surface area contributed by atoms with Gasteiger partial charge in [-0.05, 0) is 53.3 Å². The molecule has 2 aromatic carbocycles. The van der Waals surface area contributed by atoms with Crippen LogP contribution in [0.4, 0.5) is 18.9 Å². The zero-order chi connectivity index (χ0) is 17.3. The first-order valence-electron chi connectivity index (χ1n) is 8.04. The number of benzene rings is 2. The van der Waals surface area contributed by atoms with Crippen LogP contribution in [0.15, 0.2) is 36.4 Å². The summed E-state index contributed by atoms with van der Waals surface area (Å²) in [4.78, 5) is 0. The standard InChI is InChI=1S/C19H20F3NO/c1-12(2)16-5-3-13(9-17(16)19(20,21)22)11-24-15-4-6-18-14(10-15)7-8-23-18/h3-6,9-10,12,23H,7-8,11H2,1-2H3. The highest BCUT2D eigenvalue weighted by atomic mass is 19.4. The molecule has 0 fully saturated rings. The Morgan fingerprint density at radius 2 is 1.92 bits per heavy atom. The van der Waals surface area contributed by atoms with Crippen LogP contribution in [-0.2, 0) is 19.2 Å². The first-order valence-corrected chi connectivity index (χ1v) is 8.04. The summed E-state index contributed by atoms with van der Waals surface area (Å²) in [6, 6.07) is 10.2. The van der Waals surface area contributed by atoms with Crippen molar-refractivity contribution in [2.75, 3.05) is 11.9 Å². The fraction of sp³-hybridized carbons (Fsp3) is 0.368. The number of halogens is 3. The summed E-state index contributed by atoms with van der Waals surface area (Å²) in [5.41, 5.74) is 2.54. The molecule has 0 amide bonds. The van der Waals surface area contributed by atoms with E-state index in [0.29, 0.717) is 16.9 Å². The SMILES string of the molecule is CC(C)c1ccc(COc2ccc3c(c2)CCN3)cc1C(F)(F)F. The van der Waals surface area contributed by atoms with Crippen LogP contribution in [0.5, 0.6) is 5.75 Å². The number of ether oxygens (including phenoxy) is 1. The number of alkyl halides is 3. The van der Waals surface area contributed by atoms with Crippen molar-refractivity contribution in [2.24, 2.45) is 0 Å². The van der Waals surface area contributed by atoms with Gasteiger partial charge >= 0.3 is 6.18 Å². The van der Waals surface area contributed by atoms with Crippen LogP contribution in [-0.4, -0.2) is 6.54 Å². The van der Waals surface area contributed by atoms with E-state index in [9.17, 15) is 13.2 Å². The highest BCUT2D eigenvalue weighted by Crippen LogP contribution is 2.36. The molecule has 0 saturated carbocycles. The maximum Gasteiger partial charge on any atom is 0.416 e. The summed E-state index contributed by atoms with van der Waals surface area (Å²) in [7, 11) is 0. The molecule has 0 spiro atoms. The topological polar surface area (TPSA) is 21.3 Å². The van der Waals surface area contributed by atoms with Gasteiger partial charge in [-0.15, -0.1) is 0 Å². The van der Waals surface area contributed by atoms with Crippen molar-refractivity contribution in [3.63, 3.8) is 0 Å². The summed E-state index contributed by atoms with van der Waals surface area (Å²) in [6.07, 6.45) is -3.41. The van der Waals surface area contributed by atoms with E-state index in [1.165, 1.54) is 11.6 Å². The Labute approximate surface area is 139 Å². The van der Waals surface area contributed by atoms with Gasteiger partial charge in [-0.2, -0.15) is 13.2 Å². The maximum absolute atomic E-state index is 13.3. The third kappa shape index (κ3) is 3.50. The van der Waals surface area contributed by atoms with Gasteiger partial charge in [-0.25, -0.2) is 0 Å². The first kappa shape index (κ1) is 16.7. The predicted molar refractivity (Wildman–Crippen MR) is 88.5 cm³/mol. The van der Waals surface area contributed by atoms with Gasteiger partial charge in [0.25, 0.3) is 0 Å². The molecule has 0 aliphatic carbocycles. The molecule has 24 heavy (non-hydrogen) atoms. The number of anilines is 1. The van der Waals surface area contributed by atoms with Gasteiger partial charge < -0.3 is 10.1 Å². The lowest BCUT2D eigenvalue weighted by Crippen LogP contribution is -2.11. The lowest BCUT2D eigenvalue weighted by Gasteiger charge is -2.17. The molecule has 128 valence electrons. The van der Waals surface area contributed by atoms with E-state index < -0.39 is 11.7 Å². The molecular weight excluding hydrogens is 315 g/mol. The van der Waals surface area contributed by atoms with E-state index in [0.717, 1.165) is 18.7 Å². The normalized spacial score (nSPS) is 13.8. The van der Waals surface area contributed by atoms with Crippen LogP contribution in [0.1, 0.15) is 42.0 Å². The van der Waals surface area contributed by atoms with E-state index in [4.69, 9.17) is 4.74 Å². The molecule has 0 unspecified atom stereocenters. The van der Waals surface area contributed by atoms with Gasteiger partial charge in [0, 0.05) is 12.2 Å². The van der Waals surface area contributed by atoms with E-state index >= 15 is 0 Å². The summed E-state index contributed by atoms with van der Waals surface area (Å²) >= 11 is 0. The molecule has 0 aromatic heterocycles. The molecule has 0 atom stereocenters. The molecule has 1 heterocycles. The molecule has 0 saturated heterocycles. The molecule has 0 radical (unpaired) electrons. The summed E-state index contributed by atoms with van der Waals surface area (Å²) in [5, 5.41) is 3.26. The maximum atomic E-state index is 13.3. The van der Waals surface area contributed by atoms with Gasteiger partial charge in [-0.3, -0.25) is 0 Å². The van der Waals surface area contributed by atoms with Crippen molar-refractivity contribution in [3.05, 3.63) is 58.7 Å². The molecule has 0 bridgehead atoms. The van der Waals surface area contributed by atoms with Crippen molar-refractivity contribution >= 4 is 5.69 Å². The smallest absolute Gasteiger partial charge is 0.416 e. The monoisotopic (exact) mass is 335 g/mol. The van der Waals surface area contributed by atoms with Crippen molar-refractivity contribution in [1.82, 2.24) is 0 Å². The van der Waals surface area contributed by atoms with E-state index in [1.807, 2.05) is 18.2 Å². The summed E-state index contributed by atoms with van der Waals surface area (Å²) in [5.74, 6) is 0.500. The number of rotatable bonds is 4. The number of fused-ring (bicyclic) bond motifs is 1. The van der Waals surface area contributed by atoms with Gasteiger partial charge in [0.05, 0.1) is 5.56 Å². The molecular formula is C19H20F3NO. The molecule has 2 nitrogen and oxygen atoms in total. The lowest BCUT2D eigenvalue weighted by atomic mass is 9.95. The Bertz CT molecular complexity index is 738. The minimum atomic E-state index is -4.35. The summed E-state index contributed by atoms with van der Waals surface area (Å²) < 4.78 is 45.5. The van der Waals surface area contributed by atoms with Crippen molar-refractivity contribution in [3.8, 4) is 5.75 Å². The van der Waals surface area contributed by atoms with Gasteiger partial charge in [-0.1, -0.05) is 26.0 Å². The Balaban J connectivity index is 1.78. The number of nitrogens with one attached hydrogen (secondary N) is 1. The summed E-state index contributed by atoms with van der Waals surface area (Å²) in [6.45, 7) is 4.55. The number of hydrogen-bond donors (Lipinski definition) is 1. The molecule has 1 N–H and O–H groups in total. The second-order valence-corrected chi connectivity index (χ2v) is 6.36. The molecule has 3 rings (SSSR count). The largest absolute Gasteiger partial charge is 0.489 e. The fourth-order valence-electron chi connectivity index (χ4n) is 2.98. The minimum Gasteiger partial charge on any atom is -0.489 e. The third-order valence-corrected chi connectivity index (χ3v) is 4.24. The van der Waals surface area contributed by atoms with E-state index in [-0.39, 0.29) is 12.5 Å². The van der Waals surface area contributed by atoms with Crippen molar-refractivity contribution in [2.45, 2.75) is 39.0 Å². The Kier molecular flexibility index (Phi) is 4.43. The second-order valence-electron chi connectivity index (χ2n) is 6.36. The van der Waals surface area contributed by atoms with Crippen LogP contribution in [0, 0.1) is 0 Å². The predicted octanol–water partition coefficient (Wildman–Crippen LogP) is 5.38. The molecule has 2 aromatic rings. The van der Waals surface area contributed by atoms with Crippen LogP contribution in [0.2, 0.25) is 0 Å². The fourth-order valence-corrected chi connectivity index (χ4v) is 2.98. The highest BCUT2D eigenvalue weighted by molar-refractivity contribution is 5.57. The van der Waals surface area contributed by atoms with Crippen LogP contribution in [0.25, 0.3) is 0 Å². The average Bonchev–Trinajstić information content (AvgIpc) is 2.99. The molecule has 1 aliphatic rings. The third-order valence-electron chi connectivity index (χ3n) is 4.24. The van der Waals surface area contributed by atoms with Crippen LogP contribution >= 0.6 is 0 Å². The van der Waals surface area contributed by atoms with Crippen LogP contribution < -0.4 is 10.1 Å². The molecule has 1 aliphatic heterocycles. The van der Waals surface area contributed by atoms with E-state index in [1.54, 1.807) is 26.0 Å². The highest BCUT2D eigenvalue weighted by Gasteiger charge is 2.34. The Hall–Kier alpha value is -2.17. The lowest BCUT2D eigenvalue weighted by molar-refractivity contribution is -0.138. The Morgan fingerprint density at radius 3 is 2.62 bits per heavy atom. The first-order chi connectivity index (χ1) is 11.3. The van der Waals surface area contributed by atoms with Crippen molar-refractivity contribution < 1.29 is 17.9 Å². The zero-order valence-corrected chi connectivity index (χ0v) is 13.7. The zero-order valence-electron chi connectivity index (χ0n) is 13.7.